The molecule has 21 heavy (non-hydrogen) atoms. The third kappa shape index (κ3) is 3.91. The summed E-state index contributed by atoms with van der Waals surface area (Å²) in [6.45, 7) is -0.165. The lowest BCUT2D eigenvalue weighted by atomic mass is 10.2. The molecule has 0 radical (unpaired) electrons. The number of hydrogen-bond donors (Lipinski definition) is 1. The number of aromatic carboxylic acids is 1. The van der Waals surface area contributed by atoms with Crippen molar-refractivity contribution in [1.82, 2.24) is 9.97 Å². The molecule has 0 spiro atoms. The highest BCUT2D eigenvalue weighted by atomic mass is 19.4. The third-order valence-corrected chi connectivity index (χ3v) is 2.48. The highest BCUT2D eigenvalue weighted by Gasteiger charge is 2.30. The zero-order chi connectivity index (χ0) is 15.5. The Bertz CT molecular complexity index is 642. The van der Waals surface area contributed by atoms with Gasteiger partial charge in [-0.05, 0) is 18.2 Å². The molecular formula is C13H9F3N2O3. The molecule has 5 nitrogen and oxygen atoms in total. The molecule has 0 saturated heterocycles. The number of carboxylic acid groups (broad SMARTS) is 1. The van der Waals surface area contributed by atoms with Crippen LogP contribution >= 0.6 is 0 Å². The van der Waals surface area contributed by atoms with E-state index in [1.807, 2.05) is 0 Å². The van der Waals surface area contributed by atoms with Crippen LogP contribution in [0.25, 0.3) is 0 Å². The molecule has 0 atom stereocenters. The lowest BCUT2D eigenvalue weighted by Gasteiger charge is -2.09. The number of hydrogen-bond acceptors (Lipinski definition) is 4. The predicted octanol–water partition coefficient (Wildman–Crippen LogP) is 2.77. The van der Waals surface area contributed by atoms with E-state index in [1.54, 1.807) is 0 Å². The maximum absolute atomic E-state index is 12.5. The number of rotatable bonds is 4. The highest BCUT2D eigenvalue weighted by molar-refractivity contribution is 5.86. The molecule has 0 unspecified atom stereocenters. The second-order valence-electron chi connectivity index (χ2n) is 4.01. The van der Waals surface area contributed by atoms with Crippen LogP contribution in [0.5, 0.6) is 5.75 Å². The van der Waals surface area contributed by atoms with E-state index in [0.717, 1.165) is 24.5 Å². The van der Waals surface area contributed by atoms with Crippen molar-refractivity contribution in [1.29, 1.82) is 0 Å². The first-order chi connectivity index (χ1) is 9.86. The van der Waals surface area contributed by atoms with Gasteiger partial charge in [0, 0.05) is 12.4 Å². The van der Waals surface area contributed by atoms with Gasteiger partial charge in [0.2, 0.25) is 0 Å². The largest absolute Gasteiger partial charge is 0.486 e. The second-order valence-corrected chi connectivity index (χ2v) is 4.01. The molecule has 0 fully saturated rings. The van der Waals surface area contributed by atoms with Crippen LogP contribution in [0, 0.1) is 0 Å². The molecule has 2 rings (SSSR count). The Morgan fingerprint density at radius 1 is 1.24 bits per heavy atom. The van der Waals surface area contributed by atoms with Gasteiger partial charge in [0.05, 0.1) is 11.1 Å². The lowest BCUT2D eigenvalue weighted by molar-refractivity contribution is -0.137. The van der Waals surface area contributed by atoms with Crippen LogP contribution in [0.2, 0.25) is 0 Å². The summed E-state index contributed by atoms with van der Waals surface area (Å²) in [6, 6.07) is 4.41. The number of halogens is 3. The van der Waals surface area contributed by atoms with Crippen LogP contribution in [-0.4, -0.2) is 21.0 Å². The summed E-state index contributed by atoms with van der Waals surface area (Å²) in [4.78, 5) is 18.1. The smallest absolute Gasteiger partial charge is 0.416 e. The molecule has 0 bridgehead atoms. The quantitative estimate of drug-likeness (QED) is 0.939. The van der Waals surface area contributed by atoms with E-state index in [4.69, 9.17) is 9.84 Å². The molecule has 0 saturated carbocycles. The molecular weight excluding hydrogens is 289 g/mol. The number of carbonyl (C=O) groups is 1. The van der Waals surface area contributed by atoms with E-state index in [0.29, 0.717) is 0 Å². The van der Waals surface area contributed by atoms with Gasteiger partial charge >= 0.3 is 12.1 Å². The number of carboxylic acids is 1. The Kier molecular flexibility index (Phi) is 4.06. The van der Waals surface area contributed by atoms with Crippen LogP contribution in [0.15, 0.2) is 36.7 Å². The Morgan fingerprint density at radius 2 is 1.90 bits per heavy atom. The molecule has 0 aliphatic carbocycles. The minimum absolute atomic E-state index is 0.0238. The van der Waals surface area contributed by atoms with Gasteiger partial charge in [-0.1, -0.05) is 6.07 Å². The Labute approximate surface area is 117 Å². The Morgan fingerprint density at radius 3 is 2.48 bits per heavy atom. The maximum Gasteiger partial charge on any atom is 0.416 e. The van der Waals surface area contributed by atoms with Gasteiger partial charge in [0.25, 0.3) is 0 Å². The van der Waals surface area contributed by atoms with Crippen LogP contribution in [0.4, 0.5) is 13.2 Å². The van der Waals surface area contributed by atoms with Gasteiger partial charge in [-0.25, -0.2) is 14.8 Å². The summed E-state index contributed by atoms with van der Waals surface area (Å²) in [7, 11) is 0. The fourth-order valence-corrected chi connectivity index (χ4v) is 1.45. The van der Waals surface area contributed by atoms with Crippen molar-refractivity contribution in [2.45, 2.75) is 12.8 Å². The van der Waals surface area contributed by atoms with E-state index in [2.05, 4.69) is 9.97 Å². The average molecular weight is 298 g/mol. The molecule has 0 aliphatic heterocycles. The van der Waals surface area contributed by atoms with Gasteiger partial charge in [-0.2, -0.15) is 13.2 Å². The summed E-state index contributed by atoms with van der Waals surface area (Å²) < 4.78 is 42.7. The first-order valence-corrected chi connectivity index (χ1v) is 5.70. The first kappa shape index (κ1) is 14.8. The zero-order valence-corrected chi connectivity index (χ0v) is 10.5. The Hall–Kier alpha value is -2.64. The van der Waals surface area contributed by atoms with E-state index in [9.17, 15) is 18.0 Å². The molecule has 1 aromatic heterocycles. The van der Waals surface area contributed by atoms with E-state index >= 15 is 0 Å². The third-order valence-electron chi connectivity index (χ3n) is 2.48. The predicted molar refractivity (Wildman–Crippen MR) is 64.8 cm³/mol. The van der Waals surface area contributed by atoms with Gasteiger partial charge < -0.3 is 9.84 Å². The van der Waals surface area contributed by atoms with Crippen molar-refractivity contribution in [3.63, 3.8) is 0 Å². The first-order valence-electron chi connectivity index (χ1n) is 5.70. The van der Waals surface area contributed by atoms with Crippen molar-refractivity contribution in [2.75, 3.05) is 0 Å². The van der Waals surface area contributed by atoms with Gasteiger partial charge in [0.15, 0.2) is 5.82 Å². The van der Waals surface area contributed by atoms with Crippen LogP contribution in [0.3, 0.4) is 0 Å². The minimum atomic E-state index is -4.45. The molecule has 0 amide bonds. The van der Waals surface area contributed by atoms with E-state index in [1.165, 1.54) is 12.1 Å². The molecule has 0 aliphatic rings. The van der Waals surface area contributed by atoms with E-state index < -0.39 is 17.7 Å². The summed E-state index contributed by atoms with van der Waals surface area (Å²) >= 11 is 0. The number of alkyl halides is 3. The molecule has 2 aromatic rings. The summed E-state index contributed by atoms with van der Waals surface area (Å²) in [5.74, 6) is -0.978. The van der Waals surface area contributed by atoms with Gasteiger partial charge in [-0.15, -0.1) is 0 Å². The monoisotopic (exact) mass is 298 g/mol. The lowest BCUT2D eigenvalue weighted by Crippen LogP contribution is -2.07. The average Bonchev–Trinajstić information content (AvgIpc) is 2.45. The summed E-state index contributed by atoms with van der Waals surface area (Å²) in [6.07, 6.45) is -2.25. The highest BCUT2D eigenvalue weighted by Crippen LogP contribution is 2.31. The minimum Gasteiger partial charge on any atom is -0.486 e. The number of aromatic nitrogens is 2. The molecule has 1 aromatic carbocycles. The fourth-order valence-electron chi connectivity index (χ4n) is 1.45. The second kappa shape index (κ2) is 5.78. The summed E-state index contributed by atoms with van der Waals surface area (Å²) in [5.41, 5.74) is -0.903. The number of benzene rings is 1. The Balaban J connectivity index is 2.04. The van der Waals surface area contributed by atoms with Crippen molar-refractivity contribution < 1.29 is 27.8 Å². The van der Waals surface area contributed by atoms with Crippen molar-refractivity contribution in [3.8, 4) is 5.75 Å². The van der Waals surface area contributed by atoms with Crippen LogP contribution in [0.1, 0.15) is 21.7 Å². The SMILES string of the molecule is O=C(O)c1cnc(COc2cccc(C(F)(F)F)c2)nc1. The zero-order valence-electron chi connectivity index (χ0n) is 10.5. The topological polar surface area (TPSA) is 72.3 Å². The maximum atomic E-state index is 12.5. The molecule has 1 heterocycles. The van der Waals surface area contributed by atoms with Gasteiger partial charge in [-0.3, -0.25) is 0 Å². The van der Waals surface area contributed by atoms with Crippen LogP contribution in [-0.2, 0) is 12.8 Å². The van der Waals surface area contributed by atoms with Crippen molar-refractivity contribution in [2.24, 2.45) is 0 Å². The molecule has 110 valence electrons. The molecule has 1 N–H and O–H groups in total. The fraction of sp³-hybridized carbons (Fsp3) is 0.154. The van der Waals surface area contributed by atoms with Crippen LogP contribution < -0.4 is 4.74 Å². The van der Waals surface area contributed by atoms with Crippen molar-refractivity contribution >= 4 is 5.97 Å². The number of ether oxygens (including phenoxy) is 1. The standard InChI is InChI=1S/C13H9F3N2O3/c14-13(15,16)9-2-1-3-10(4-9)21-7-11-17-5-8(6-18-11)12(19)20/h1-6H,7H2,(H,19,20). The van der Waals surface area contributed by atoms with E-state index in [-0.39, 0.29) is 23.7 Å². The number of nitrogens with zero attached hydrogens (tertiary/aromatic N) is 2. The molecule has 8 heteroatoms. The van der Waals surface area contributed by atoms with Gasteiger partial charge in [0.1, 0.15) is 12.4 Å². The normalized spacial score (nSPS) is 11.2. The van der Waals surface area contributed by atoms with Crippen molar-refractivity contribution in [3.05, 3.63) is 53.6 Å². The summed E-state index contributed by atoms with van der Waals surface area (Å²) in [5, 5.41) is 8.67.